The first-order chi connectivity index (χ1) is 8.09. The molecule has 0 fully saturated rings. The summed E-state index contributed by atoms with van der Waals surface area (Å²) in [7, 11) is 0. The Balaban J connectivity index is 2.26. The summed E-state index contributed by atoms with van der Waals surface area (Å²) in [6.07, 6.45) is -0.0293. The summed E-state index contributed by atoms with van der Waals surface area (Å²) >= 11 is 0. The zero-order valence-electron chi connectivity index (χ0n) is 8.90. The average molecular weight is 246 g/mol. The predicted molar refractivity (Wildman–Crippen MR) is 55.1 cm³/mol. The fourth-order valence-corrected chi connectivity index (χ4v) is 1.06. The van der Waals surface area contributed by atoms with E-state index in [9.17, 15) is 13.6 Å². The lowest BCUT2D eigenvalue weighted by molar-refractivity contribution is 0.0188. The second-order valence-electron chi connectivity index (χ2n) is 3.15. The van der Waals surface area contributed by atoms with E-state index in [4.69, 9.17) is 5.11 Å². The molecule has 5 nitrogen and oxygen atoms in total. The van der Waals surface area contributed by atoms with Crippen molar-refractivity contribution >= 4 is 5.91 Å². The van der Waals surface area contributed by atoms with E-state index in [-0.39, 0.29) is 24.5 Å². The molecule has 17 heavy (non-hydrogen) atoms. The maximum atomic E-state index is 11.7. The quantitative estimate of drug-likeness (QED) is 0.728. The third-order valence-electron chi connectivity index (χ3n) is 1.76. The number of carbonyl (C=O) groups excluding carboxylic acids is 1. The number of aromatic nitrogens is 1. The maximum Gasteiger partial charge on any atom is 0.261 e. The second-order valence-corrected chi connectivity index (χ2v) is 3.15. The van der Waals surface area contributed by atoms with Crippen LogP contribution in [0.1, 0.15) is 10.4 Å². The molecule has 1 heterocycles. The Morgan fingerprint density at radius 3 is 2.94 bits per heavy atom. The van der Waals surface area contributed by atoms with Gasteiger partial charge in [-0.1, -0.05) is 0 Å². The third-order valence-corrected chi connectivity index (χ3v) is 1.76. The van der Waals surface area contributed by atoms with Gasteiger partial charge in [0.25, 0.3) is 12.3 Å². The SMILES string of the molecule is O=C(NCCOCC(F)F)c1cncc(O)c1. The molecule has 0 spiro atoms. The number of aromatic hydroxyl groups is 1. The standard InChI is InChI=1S/C10H12F2N2O3/c11-9(12)6-17-2-1-14-10(16)7-3-8(15)5-13-4-7/h3-5,9,15H,1-2,6H2,(H,14,16). The zero-order valence-corrected chi connectivity index (χ0v) is 8.90. The van der Waals surface area contributed by atoms with Crippen LogP contribution in [-0.4, -0.2) is 42.2 Å². The highest BCUT2D eigenvalue weighted by molar-refractivity contribution is 5.94. The van der Waals surface area contributed by atoms with Gasteiger partial charge in [0, 0.05) is 12.7 Å². The van der Waals surface area contributed by atoms with Crippen LogP contribution in [0.4, 0.5) is 8.78 Å². The number of alkyl halides is 2. The van der Waals surface area contributed by atoms with Crippen molar-refractivity contribution < 1.29 is 23.4 Å². The van der Waals surface area contributed by atoms with Crippen LogP contribution in [0.25, 0.3) is 0 Å². The predicted octanol–water partition coefficient (Wildman–Crippen LogP) is 0.799. The van der Waals surface area contributed by atoms with Gasteiger partial charge in [0.2, 0.25) is 0 Å². The Morgan fingerprint density at radius 2 is 2.29 bits per heavy atom. The van der Waals surface area contributed by atoms with Crippen LogP contribution in [0.2, 0.25) is 0 Å². The third kappa shape index (κ3) is 5.21. The van der Waals surface area contributed by atoms with E-state index >= 15 is 0 Å². The fourth-order valence-electron chi connectivity index (χ4n) is 1.06. The number of nitrogens with one attached hydrogen (secondary N) is 1. The topological polar surface area (TPSA) is 71.5 Å². The molecule has 0 saturated carbocycles. The minimum Gasteiger partial charge on any atom is -0.506 e. The van der Waals surface area contributed by atoms with Gasteiger partial charge in [-0.2, -0.15) is 0 Å². The molecule has 0 unspecified atom stereocenters. The molecule has 0 aliphatic carbocycles. The van der Waals surface area contributed by atoms with E-state index in [1.165, 1.54) is 18.5 Å². The number of ether oxygens (including phenoxy) is 1. The molecular weight excluding hydrogens is 234 g/mol. The average Bonchev–Trinajstić information content (AvgIpc) is 2.28. The molecule has 7 heteroatoms. The highest BCUT2D eigenvalue weighted by Crippen LogP contribution is 2.07. The number of carbonyl (C=O) groups is 1. The van der Waals surface area contributed by atoms with Crippen molar-refractivity contribution in [2.75, 3.05) is 19.8 Å². The normalized spacial score (nSPS) is 10.5. The molecule has 1 aromatic heterocycles. The number of hydrogen-bond acceptors (Lipinski definition) is 4. The van der Waals surface area contributed by atoms with Gasteiger partial charge in [-0.25, -0.2) is 8.78 Å². The highest BCUT2D eigenvalue weighted by atomic mass is 19.3. The Hall–Kier alpha value is -1.76. The van der Waals surface area contributed by atoms with E-state index < -0.39 is 18.9 Å². The van der Waals surface area contributed by atoms with E-state index in [1.807, 2.05) is 0 Å². The van der Waals surface area contributed by atoms with Gasteiger partial charge in [0.15, 0.2) is 0 Å². The summed E-state index contributed by atoms with van der Waals surface area (Å²) in [6, 6.07) is 1.25. The Labute approximate surface area is 96.4 Å². The highest BCUT2D eigenvalue weighted by Gasteiger charge is 2.06. The number of amides is 1. The Bertz CT molecular complexity index is 374. The molecule has 0 saturated heterocycles. The van der Waals surface area contributed by atoms with E-state index in [0.717, 1.165) is 0 Å². The lowest BCUT2D eigenvalue weighted by atomic mass is 10.2. The van der Waals surface area contributed by atoms with Crippen LogP contribution in [0, 0.1) is 0 Å². The van der Waals surface area contributed by atoms with Gasteiger partial charge >= 0.3 is 0 Å². The van der Waals surface area contributed by atoms with Crippen molar-refractivity contribution in [1.29, 1.82) is 0 Å². The van der Waals surface area contributed by atoms with Gasteiger partial charge in [0.1, 0.15) is 12.4 Å². The van der Waals surface area contributed by atoms with Crippen LogP contribution >= 0.6 is 0 Å². The van der Waals surface area contributed by atoms with E-state index in [0.29, 0.717) is 0 Å². The molecule has 0 aliphatic rings. The zero-order chi connectivity index (χ0) is 12.7. The summed E-state index contributed by atoms with van der Waals surface area (Å²) in [5, 5.41) is 11.5. The van der Waals surface area contributed by atoms with Crippen LogP contribution in [0.5, 0.6) is 5.75 Å². The molecule has 0 aromatic carbocycles. The molecule has 0 atom stereocenters. The fraction of sp³-hybridized carbons (Fsp3) is 0.400. The molecule has 0 bridgehead atoms. The van der Waals surface area contributed by atoms with Crippen LogP contribution < -0.4 is 5.32 Å². The molecular formula is C10H12F2N2O3. The molecule has 2 N–H and O–H groups in total. The van der Waals surface area contributed by atoms with Gasteiger partial charge in [-0.05, 0) is 6.07 Å². The van der Waals surface area contributed by atoms with Crippen molar-refractivity contribution in [2.24, 2.45) is 0 Å². The van der Waals surface area contributed by atoms with Crippen molar-refractivity contribution in [2.45, 2.75) is 6.43 Å². The minimum atomic E-state index is -2.51. The van der Waals surface area contributed by atoms with E-state index in [1.54, 1.807) is 0 Å². The minimum absolute atomic E-state index is 0.00231. The summed E-state index contributed by atoms with van der Waals surface area (Å²) in [5.41, 5.74) is 0.193. The number of halogens is 2. The maximum absolute atomic E-state index is 11.7. The summed E-state index contributed by atoms with van der Waals surface area (Å²) in [4.78, 5) is 15.1. The van der Waals surface area contributed by atoms with Crippen LogP contribution in [-0.2, 0) is 4.74 Å². The van der Waals surface area contributed by atoms with E-state index in [2.05, 4.69) is 15.0 Å². The number of pyridine rings is 1. The van der Waals surface area contributed by atoms with Crippen molar-refractivity contribution in [3.63, 3.8) is 0 Å². The molecule has 1 rings (SSSR count). The van der Waals surface area contributed by atoms with Gasteiger partial charge < -0.3 is 15.2 Å². The molecule has 1 amide bonds. The summed E-state index contributed by atoms with van der Waals surface area (Å²) in [5.74, 6) is -0.569. The number of rotatable bonds is 6. The smallest absolute Gasteiger partial charge is 0.261 e. The number of hydrogen-bond donors (Lipinski definition) is 2. The van der Waals surface area contributed by atoms with Crippen LogP contribution in [0.15, 0.2) is 18.5 Å². The largest absolute Gasteiger partial charge is 0.506 e. The van der Waals surface area contributed by atoms with Crippen molar-refractivity contribution in [3.8, 4) is 5.75 Å². The number of nitrogens with zero attached hydrogens (tertiary/aromatic N) is 1. The second kappa shape index (κ2) is 6.74. The Kier molecular flexibility index (Phi) is 5.28. The van der Waals surface area contributed by atoms with Crippen LogP contribution in [0.3, 0.4) is 0 Å². The molecule has 0 radical (unpaired) electrons. The van der Waals surface area contributed by atoms with Crippen molar-refractivity contribution in [1.82, 2.24) is 10.3 Å². The lowest BCUT2D eigenvalue weighted by Crippen LogP contribution is -2.27. The Morgan fingerprint density at radius 1 is 1.53 bits per heavy atom. The first kappa shape index (κ1) is 13.3. The van der Waals surface area contributed by atoms with Crippen molar-refractivity contribution in [3.05, 3.63) is 24.0 Å². The first-order valence-corrected chi connectivity index (χ1v) is 4.87. The molecule has 0 aliphatic heterocycles. The summed E-state index contributed by atoms with van der Waals surface area (Å²) < 4.78 is 27.9. The lowest BCUT2D eigenvalue weighted by Gasteiger charge is -2.06. The van der Waals surface area contributed by atoms with Gasteiger partial charge in [-0.3, -0.25) is 9.78 Å². The summed E-state index contributed by atoms with van der Waals surface area (Å²) in [6.45, 7) is -0.535. The first-order valence-electron chi connectivity index (χ1n) is 4.87. The monoisotopic (exact) mass is 246 g/mol. The molecule has 1 aromatic rings. The van der Waals surface area contributed by atoms with Gasteiger partial charge in [0.05, 0.1) is 18.4 Å². The van der Waals surface area contributed by atoms with Gasteiger partial charge in [-0.15, -0.1) is 0 Å². The molecule has 94 valence electrons.